The number of carboxylic acids is 1. The van der Waals surface area contributed by atoms with Crippen LogP contribution in [0, 0.1) is 5.92 Å². The Morgan fingerprint density at radius 3 is 2.56 bits per heavy atom. The van der Waals surface area contributed by atoms with Gasteiger partial charge in [0, 0.05) is 19.6 Å². The van der Waals surface area contributed by atoms with Crippen molar-refractivity contribution in [1.29, 1.82) is 0 Å². The molecular formula is C12H24N2O4. The maximum absolute atomic E-state index is 11.5. The molecule has 0 aromatic rings. The molecule has 0 saturated heterocycles. The summed E-state index contributed by atoms with van der Waals surface area (Å²) in [6.45, 7) is 7.26. The van der Waals surface area contributed by atoms with Gasteiger partial charge in [0.05, 0.1) is 12.6 Å². The summed E-state index contributed by atoms with van der Waals surface area (Å²) in [5.41, 5.74) is 0. The molecule has 18 heavy (non-hydrogen) atoms. The van der Waals surface area contributed by atoms with Gasteiger partial charge in [-0.3, -0.25) is 4.79 Å². The van der Waals surface area contributed by atoms with E-state index in [4.69, 9.17) is 9.84 Å². The Labute approximate surface area is 108 Å². The topological polar surface area (TPSA) is 87.7 Å². The smallest absolute Gasteiger partial charge is 0.315 e. The highest BCUT2D eigenvalue weighted by Gasteiger charge is 2.09. The monoisotopic (exact) mass is 260 g/mol. The van der Waals surface area contributed by atoms with Gasteiger partial charge in [0.25, 0.3) is 0 Å². The Hall–Kier alpha value is -1.30. The lowest BCUT2D eigenvalue weighted by atomic mass is 10.1. The van der Waals surface area contributed by atoms with Crippen LogP contribution in [0.4, 0.5) is 4.79 Å². The van der Waals surface area contributed by atoms with Crippen molar-refractivity contribution in [2.45, 2.75) is 39.7 Å². The number of carbonyl (C=O) groups is 2. The van der Waals surface area contributed by atoms with Crippen molar-refractivity contribution in [2.75, 3.05) is 19.8 Å². The van der Waals surface area contributed by atoms with Gasteiger partial charge in [-0.15, -0.1) is 0 Å². The Morgan fingerprint density at radius 1 is 1.33 bits per heavy atom. The molecule has 0 fully saturated rings. The number of hydrogen-bond donors (Lipinski definition) is 3. The fourth-order valence-electron chi connectivity index (χ4n) is 1.35. The van der Waals surface area contributed by atoms with Crippen molar-refractivity contribution in [2.24, 2.45) is 5.92 Å². The van der Waals surface area contributed by atoms with Gasteiger partial charge in [-0.1, -0.05) is 6.92 Å². The van der Waals surface area contributed by atoms with Crippen molar-refractivity contribution in [1.82, 2.24) is 10.6 Å². The quantitative estimate of drug-likeness (QED) is 0.581. The zero-order valence-corrected chi connectivity index (χ0v) is 11.4. The molecule has 0 heterocycles. The van der Waals surface area contributed by atoms with Crippen molar-refractivity contribution >= 4 is 12.0 Å². The van der Waals surface area contributed by atoms with Gasteiger partial charge in [-0.2, -0.15) is 0 Å². The highest BCUT2D eigenvalue weighted by Crippen LogP contribution is 2.03. The van der Waals surface area contributed by atoms with Crippen LogP contribution in [0.2, 0.25) is 0 Å². The molecule has 0 aromatic heterocycles. The Kier molecular flexibility index (Phi) is 9.00. The molecule has 0 bridgehead atoms. The van der Waals surface area contributed by atoms with Crippen LogP contribution in [0.25, 0.3) is 0 Å². The molecule has 0 spiro atoms. The normalized spacial score (nSPS) is 13.7. The first kappa shape index (κ1) is 16.7. The summed E-state index contributed by atoms with van der Waals surface area (Å²) in [7, 11) is 0. The summed E-state index contributed by atoms with van der Waals surface area (Å²) < 4.78 is 5.18. The molecule has 2 atom stereocenters. The number of urea groups is 1. The summed E-state index contributed by atoms with van der Waals surface area (Å²) in [5, 5.41) is 14.0. The predicted octanol–water partition coefficient (Wildman–Crippen LogP) is 1.21. The maximum atomic E-state index is 11.5. The summed E-state index contributed by atoms with van der Waals surface area (Å²) in [4.78, 5) is 21.8. The van der Waals surface area contributed by atoms with Gasteiger partial charge in [-0.05, 0) is 26.2 Å². The van der Waals surface area contributed by atoms with Crippen LogP contribution < -0.4 is 10.6 Å². The van der Waals surface area contributed by atoms with Crippen LogP contribution >= 0.6 is 0 Å². The molecule has 2 amide bonds. The molecular weight excluding hydrogens is 236 g/mol. The molecule has 0 rings (SSSR count). The first-order valence-corrected chi connectivity index (χ1v) is 6.29. The van der Waals surface area contributed by atoms with Crippen LogP contribution in [0.3, 0.4) is 0 Å². The zero-order valence-electron chi connectivity index (χ0n) is 11.4. The first-order valence-electron chi connectivity index (χ1n) is 6.29. The molecule has 6 nitrogen and oxygen atoms in total. The van der Waals surface area contributed by atoms with E-state index in [-0.39, 0.29) is 24.4 Å². The van der Waals surface area contributed by atoms with E-state index >= 15 is 0 Å². The van der Waals surface area contributed by atoms with E-state index < -0.39 is 5.97 Å². The fraction of sp³-hybridized carbons (Fsp3) is 0.833. The Bertz CT molecular complexity index is 258. The fourth-order valence-corrected chi connectivity index (χ4v) is 1.35. The lowest BCUT2D eigenvalue weighted by molar-refractivity contribution is -0.137. The first-order chi connectivity index (χ1) is 8.45. The summed E-state index contributed by atoms with van der Waals surface area (Å²) in [6.07, 6.45) is 0.690. The second-order valence-electron chi connectivity index (χ2n) is 4.45. The minimum atomic E-state index is -0.809. The number of ether oxygens (including phenoxy) is 1. The Morgan fingerprint density at radius 2 is 2.00 bits per heavy atom. The van der Waals surface area contributed by atoms with Gasteiger partial charge in [0.15, 0.2) is 0 Å². The van der Waals surface area contributed by atoms with E-state index in [1.54, 1.807) is 0 Å². The van der Waals surface area contributed by atoms with Crippen LogP contribution in [-0.4, -0.2) is 42.9 Å². The third kappa shape index (κ3) is 9.89. The third-order valence-electron chi connectivity index (χ3n) is 2.41. The molecule has 0 radical (unpaired) electrons. The van der Waals surface area contributed by atoms with Crippen LogP contribution in [0.15, 0.2) is 0 Å². The van der Waals surface area contributed by atoms with E-state index in [1.807, 2.05) is 20.8 Å². The van der Waals surface area contributed by atoms with Gasteiger partial charge < -0.3 is 20.5 Å². The molecule has 6 heteroatoms. The van der Waals surface area contributed by atoms with Gasteiger partial charge in [0.2, 0.25) is 0 Å². The summed E-state index contributed by atoms with van der Waals surface area (Å²) in [6, 6.07) is -0.288. The highest BCUT2D eigenvalue weighted by molar-refractivity contribution is 5.74. The van der Waals surface area contributed by atoms with Crippen molar-refractivity contribution < 1.29 is 19.4 Å². The number of carbonyl (C=O) groups excluding carboxylic acids is 1. The van der Waals surface area contributed by atoms with Gasteiger partial charge in [0.1, 0.15) is 0 Å². The molecule has 0 aliphatic carbocycles. The van der Waals surface area contributed by atoms with Crippen LogP contribution in [-0.2, 0) is 9.53 Å². The van der Waals surface area contributed by atoms with Crippen molar-refractivity contribution in [3.63, 3.8) is 0 Å². The van der Waals surface area contributed by atoms with Crippen LogP contribution in [0.5, 0.6) is 0 Å². The standard InChI is InChI=1S/C12H24N2O4/c1-4-18-8-10(3)14-12(17)13-7-9(2)5-6-11(15)16/h9-10H,4-8H2,1-3H3,(H,15,16)(H2,13,14,17). The number of nitrogens with one attached hydrogen (secondary N) is 2. The van der Waals surface area contributed by atoms with Gasteiger partial charge in [-0.25, -0.2) is 4.79 Å². The third-order valence-corrected chi connectivity index (χ3v) is 2.41. The van der Waals surface area contributed by atoms with E-state index in [0.29, 0.717) is 26.2 Å². The van der Waals surface area contributed by atoms with E-state index in [1.165, 1.54) is 0 Å². The van der Waals surface area contributed by atoms with E-state index in [2.05, 4.69) is 10.6 Å². The Balaban J connectivity index is 3.65. The maximum Gasteiger partial charge on any atom is 0.315 e. The lowest BCUT2D eigenvalue weighted by Crippen LogP contribution is -2.44. The average molecular weight is 260 g/mol. The minimum absolute atomic E-state index is 0.0423. The number of amides is 2. The lowest BCUT2D eigenvalue weighted by Gasteiger charge is -2.16. The second kappa shape index (κ2) is 9.70. The van der Waals surface area contributed by atoms with E-state index in [9.17, 15) is 9.59 Å². The van der Waals surface area contributed by atoms with Crippen molar-refractivity contribution in [3.05, 3.63) is 0 Å². The second-order valence-corrected chi connectivity index (χ2v) is 4.45. The summed E-state index contributed by atoms with van der Waals surface area (Å²) in [5.74, 6) is -0.661. The number of aliphatic carboxylic acids is 1. The molecule has 0 aliphatic rings. The minimum Gasteiger partial charge on any atom is -0.481 e. The number of rotatable bonds is 9. The molecule has 106 valence electrons. The molecule has 3 N–H and O–H groups in total. The highest BCUT2D eigenvalue weighted by atomic mass is 16.5. The SMILES string of the molecule is CCOCC(C)NC(=O)NCC(C)CCC(=O)O. The van der Waals surface area contributed by atoms with Crippen molar-refractivity contribution in [3.8, 4) is 0 Å². The van der Waals surface area contributed by atoms with Gasteiger partial charge >= 0.3 is 12.0 Å². The predicted molar refractivity (Wildman–Crippen MR) is 68.5 cm³/mol. The summed E-state index contributed by atoms with van der Waals surface area (Å²) >= 11 is 0. The largest absolute Gasteiger partial charge is 0.481 e. The molecule has 0 aliphatic heterocycles. The van der Waals surface area contributed by atoms with E-state index in [0.717, 1.165) is 0 Å². The molecule has 2 unspecified atom stereocenters. The molecule has 0 saturated carbocycles. The zero-order chi connectivity index (χ0) is 14.0. The van der Waals surface area contributed by atoms with Crippen LogP contribution in [0.1, 0.15) is 33.6 Å². The average Bonchev–Trinajstić information content (AvgIpc) is 2.31. The number of hydrogen-bond acceptors (Lipinski definition) is 3. The number of carboxylic acid groups (broad SMARTS) is 1. The molecule has 0 aromatic carbocycles.